The van der Waals surface area contributed by atoms with Gasteiger partial charge in [0.2, 0.25) is 0 Å². The first-order chi connectivity index (χ1) is 11.4. The van der Waals surface area contributed by atoms with Gasteiger partial charge < -0.3 is 8.68 Å². The predicted molar refractivity (Wildman–Crippen MR) is 130 cm³/mol. The third-order valence-electron chi connectivity index (χ3n) is 4.39. The van der Waals surface area contributed by atoms with Gasteiger partial charge in [-0.3, -0.25) is 0 Å². The lowest BCUT2D eigenvalue weighted by Crippen LogP contribution is -2.57. The fraction of sp³-hybridized carbons (Fsp3) is 0.889. The first-order valence-corrected chi connectivity index (χ1v) is 24.0. The fourth-order valence-corrected chi connectivity index (χ4v) is 21.7. The standard InChI is InChI=1S/C18H44N4Si4/c1-23(2,3)21(24(4,5)6)19-17-15-13-14-16-18(17)20-22(25(7,8)9)26(10,11)12/h13-16H2,1-12H3/b19-17-,20-18+. The van der Waals surface area contributed by atoms with Crippen LogP contribution in [0.4, 0.5) is 0 Å². The maximum absolute atomic E-state index is 5.32. The van der Waals surface area contributed by atoms with E-state index < -0.39 is 32.9 Å². The Kier molecular flexibility index (Phi) is 7.38. The monoisotopic (exact) mass is 428 g/mol. The van der Waals surface area contributed by atoms with Crippen molar-refractivity contribution in [1.82, 2.24) is 8.68 Å². The first kappa shape index (κ1) is 23.8. The SMILES string of the molecule is C[Si](C)(C)N(/N=C1/CCCC/C1=N\N([Si](C)(C)C)[Si](C)(C)C)[Si](C)(C)C. The summed E-state index contributed by atoms with van der Waals surface area (Å²) < 4.78 is 5.12. The molecule has 4 nitrogen and oxygen atoms in total. The molecule has 0 aromatic rings. The van der Waals surface area contributed by atoms with Crippen LogP contribution in [0.25, 0.3) is 0 Å². The molecule has 26 heavy (non-hydrogen) atoms. The van der Waals surface area contributed by atoms with E-state index in [1.54, 1.807) is 0 Å². The molecule has 0 aromatic carbocycles. The normalized spacial score (nSPS) is 20.6. The van der Waals surface area contributed by atoms with Gasteiger partial charge in [0.25, 0.3) is 0 Å². The van der Waals surface area contributed by atoms with E-state index in [-0.39, 0.29) is 0 Å². The molecule has 0 saturated heterocycles. The van der Waals surface area contributed by atoms with Crippen molar-refractivity contribution in [1.29, 1.82) is 0 Å². The number of nitrogens with zero attached hydrogens (tertiary/aromatic N) is 4. The Morgan fingerprint density at radius 3 is 0.923 bits per heavy atom. The Morgan fingerprint density at radius 2 is 0.731 bits per heavy atom. The molecule has 8 heteroatoms. The van der Waals surface area contributed by atoms with Crippen LogP contribution in [0.3, 0.4) is 0 Å². The van der Waals surface area contributed by atoms with Crippen LogP contribution in [0.1, 0.15) is 25.7 Å². The highest BCUT2D eigenvalue weighted by atomic mass is 28.4. The van der Waals surface area contributed by atoms with Gasteiger partial charge in [0.15, 0.2) is 32.9 Å². The summed E-state index contributed by atoms with van der Waals surface area (Å²) in [6, 6.07) is 0. The maximum Gasteiger partial charge on any atom is 0.158 e. The third-order valence-corrected chi connectivity index (χ3v) is 17.9. The second-order valence-corrected chi connectivity index (χ2v) is 31.6. The number of hydrogen-bond acceptors (Lipinski definition) is 4. The highest BCUT2D eigenvalue weighted by molar-refractivity contribution is 6.90. The van der Waals surface area contributed by atoms with Gasteiger partial charge >= 0.3 is 0 Å². The van der Waals surface area contributed by atoms with Crippen LogP contribution < -0.4 is 0 Å². The molecule has 0 aromatic heterocycles. The number of hydrogen-bond donors (Lipinski definition) is 0. The lowest BCUT2D eigenvalue weighted by Gasteiger charge is -2.43. The summed E-state index contributed by atoms with van der Waals surface area (Å²) in [6.45, 7) is 29.1. The molecule has 152 valence electrons. The summed E-state index contributed by atoms with van der Waals surface area (Å²) in [6.07, 6.45) is 4.69. The van der Waals surface area contributed by atoms with Crippen LogP contribution in [0.2, 0.25) is 78.6 Å². The van der Waals surface area contributed by atoms with Crippen molar-refractivity contribution < 1.29 is 0 Å². The van der Waals surface area contributed by atoms with E-state index in [0.29, 0.717) is 0 Å². The van der Waals surface area contributed by atoms with Crippen molar-refractivity contribution in [3.05, 3.63) is 0 Å². The Bertz CT molecular complexity index is 467. The van der Waals surface area contributed by atoms with Crippen LogP contribution in [-0.4, -0.2) is 53.0 Å². The highest BCUT2D eigenvalue weighted by Crippen LogP contribution is 2.25. The summed E-state index contributed by atoms with van der Waals surface area (Å²) in [5, 5.41) is 10.6. The van der Waals surface area contributed by atoms with E-state index in [0.717, 1.165) is 12.8 Å². The Labute approximate surface area is 167 Å². The van der Waals surface area contributed by atoms with Crippen LogP contribution >= 0.6 is 0 Å². The van der Waals surface area contributed by atoms with E-state index in [1.807, 2.05) is 0 Å². The lowest BCUT2D eigenvalue weighted by molar-refractivity contribution is 0.640. The Morgan fingerprint density at radius 1 is 0.500 bits per heavy atom. The van der Waals surface area contributed by atoms with Crippen LogP contribution in [0.5, 0.6) is 0 Å². The Hall–Kier alpha value is -0.192. The molecule has 1 saturated carbocycles. The summed E-state index contributed by atoms with van der Waals surface area (Å²) in [4.78, 5) is 0. The zero-order chi connectivity index (χ0) is 20.6. The van der Waals surface area contributed by atoms with Gasteiger partial charge in [0.1, 0.15) is 0 Å². The predicted octanol–water partition coefficient (Wildman–Crippen LogP) is 6.22. The summed E-state index contributed by atoms with van der Waals surface area (Å²) >= 11 is 0. The molecule has 1 fully saturated rings. The molecule has 0 atom stereocenters. The molecule has 0 radical (unpaired) electrons. The molecule has 1 rings (SSSR count). The molecule has 1 aliphatic carbocycles. The molecule has 0 N–H and O–H groups in total. The molecular formula is C18H44N4Si4. The molecular weight excluding hydrogens is 385 g/mol. The van der Waals surface area contributed by atoms with Crippen molar-refractivity contribution >= 4 is 44.4 Å². The lowest BCUT2D eigenvalue weighted by atomic mass is 9.96. The van der Waals surface area contributed by atoms with Crippen LogP contribution in [0, 0.1) is 0 Å². The van der Waals surface area contributed by atoms with Gasteiger partial charge in [-0.2, -0.15) is 10.2 Å². The van der Waals surface area contributed by atoms with Gasteiger partial charge in [0, 0.05) is 0 Å². The second kappa shape index (κ2) is 8.04. The van der Waals surface area contributed by atoms with E-state index in [9.17, 15) is 0 Å². The molecule has 1 aliphatic rings. The van der Waals surface area contributed by atoms with E-state index >= 15 is 0 Å². The van der Waals surface area contributed by atoms with E-state index in [4.69, 9.17) is 10.2 Å². The summed E-state index contributed by atoms with van der Waals surface area (Å²) in [5.41, 5.74) is 2.56. The first-order valence-electron chi connectivity index (χ1n) is 10.2. The summed E-state index contributed by atoms with van der Waals surface area (Å²) in [5.74, 6) is 0. The minimum absolute atomic E-state index is 1.09. The molecule has 0 aliphatic heterocycles. The zero-order valence-corrected chi connectivity index (χ0v) is 23.6. The second-order valence-electron chi connectivity index (χ2n) is 11.6. The average molecular weight is 429 g/mol. The van der Waals surface area contributed by atoms with Gasteiger partial charge in [-0.15, -0.1) is 0 Å². The van der Waals surface area contributed by atoms with Crippen molar-refractivity contribution in [2.75, 3.05) is 0 Å². The molecule has 0 heterocycles. The van der Waals surface area contributed by atoms with Crippen molar-refractivity contribution in [2.24, 2.45) is 10.2 Å². The third kappa shape index (κ3) is 6.76. The van der Waals surface area contributed by atoms with E-state index in [2.05, 4.69) is 87.2 Å². The average Bonchev–Trinajstić information content (AvgIpc) is 2.38. The van der Waals surface area contributed by atoms with Crippen molar-refractivity contribution in [3.8, 4) is 0 Å². The van der Waals surface area contributed by atoms with Crippen LogP contribution in [0.15, 0.2) is 10.2 Å². The van der Waals surface area contributed by atoms with Gasteiger partial charge in [0.05, 0.1) is 11.4 Å². The summed E-state index contributed by atoms with van der Waals surface area (Å²) in [7, 11) is -5.97. The van der Waals surface area contributed by atoms with Crippen molar-refractivity contribution in [3.63, 3.8) is 0 Å². The highest BCUT2D eigenvalue weighted by Gasteiger charge is 2.36. The molecule has 0 amide bonds. The van der Waals surface area contributed by atoms with Gasteiger partial charge in [-0.1, -0.05) is 78.6 Å². The fourth-order valence-electron chi connectivity index (χ4n) is 3.94. The minimum atomic E-state index is -1.49. The van der Waals surface area contributed by atoms with Crippen LogP contribution in [-0.2, 0) is 0 Å². The molecule has 0 unspecified atom stereocenters. The zero-order valence-electron chi connectivity index (χ0n) is 19.6. The molecule has 0 spiro atoms. The number of hydrazone groups is 2. The smallest absolute Gasteiger partial charge is 0.158 e. The topological polar surface area (TPSA) is 31.2 Å². The minimum Gasteiger partial charge on any atom is -0.350 e. The quantitative estimate of drug-likeness (QED) is 0.371. The van der Waals surface area contributed by atoms with Crippen molar-refractivity contribution in [2.45, 2.75) is 104 Å². The Balaban J connectivity index is 3.40. The van der Waals surface area contributed by atoms with Gasteiger partial charge in [-0.05, 0) is 25.7 Å². The maximum atomic E-state index is 5.32. The van der Waals surface area contributed by atoms with E-state index in [1.165, 1.54) is 24.3 Å². The van der Waals surface area contributed by atoms with Gasteiger partial charge in [-0.25, -0.2) is 0 Å². The molecule has 0 bridgehead atoms. The largest absolute Gasteiger partial charge is 0.350 e. The number of rotatable bonds is 6.